The molecule has 0 fully saturated rings. The summed E-state index contributed by atoms with van der Waals surface area (Å²) < 4.78 is 0. The van der Waals surface area contributed by atoms with E-state index >= 15 is 0 Å². The highest BCUT2D eigenvalue weighted by Crippen LogP contribution is 2.50. The molecule has 3 rings (SSSR count). The van der Waals surface area contributed by atoms with Gasteiger partial charge in [0.25, 0.3) is 0 Å². The number of carboxylic acid groups (broad SMARTS) is 3. The molecular weight excluding hydrogens is 360 g/mol. The van der Waals surface area contributed by atoms with Crippen molar-refractivity contribution in [1.82, 2.24) is 0 Å². The summed E-state index contributed by atoms with van der Waals surface area (Å²) in [6.07, 6.45) is 3.30. The van der Waals surface area contributed by atoms with E-state index < -0.39 is 28.7 Å². The third kappa shape index (κ3) is 2.89. The van der Waals surface area contributed by atoms with Crippen LogP contribution in [0.25, 0.3) is 0 Å². The van der Waals surface area contributed by atoms with E-state index in [1.807, 2.05) is 0 Å². The highest BCUT2D eigenvalue weighted by atomic mass is 16.4. The summed E-state index contributed by atoms with van der Waals surface area (Å²) in [5.74, 6) is -4.10. The normalized spacial score (nSPS) is 23.6. The van der Waals surface area contributed by atoms with Gasteiger partial charge in [0.2, 0.25) is 0 Å². The number of hydrogen-bond acceptors (Lipinski definition) is 3. The fraction of sp³-hybridized carbons (Fsp3) is 0.136. The first kappa shape index (κ1) is 19.1. The molecule has 0 aliphatic heterocycles. The minimum Gasteiger partial charge on any atom is -0.481 e. The third-order valence-corrected chi connectivity index (χ3v) is 5.14. The molecular formula is C22H18O6. The third-order valence-electron chi connectivity index (χ3n) is 5.14. The topological polar surface area (TPSA) is 112 Å². The molecule has 142 valence electrons. The van der Waals surface area contributed by atoms with Gasteiger partial charge < -0.3 is 15.3 Å². The molecule has 0 spiro atoms. The van der Waals surface area contributed by atoms with Crippen LogP contribution in [-0.2, 0) is 26.2 Å². The van der Waals surface area contributed by atoms with Crippen LogP contribution < -0.4 is 0 Å². The van der Waals surface area contributed by atoms with Crippen molar-refractivity contribution in [3.05, 3.63) is 95.6 Å². The highest BCUT2D eigenvalue weighted by Gasteiger charge is 2.61. The molecule has 0 radical (unpaired) electrons. The maximum Gasteiger partial charge on any atom is 0.335 e. The van der Waals surface area contributed by atoms with E-state index in [1.54, 1.807) is 48.5 Å². The molecule has 1 aliphatic carbocycles. The van der Waals surface area contributed by atoms with Crippen LogP contribution in [0.5, 0.6) is 0 Å². The SMILES string of the molecule is O=C(O)C1=CC(C(=O)O)(c2ccccc2)C(Cc2ccccc2)(C(=O)O)C=C1. The smallest absolute Gasteiger partial charge is 0.335 e. The summed E-state index contributed by atoms with van der Waals surface area (Å²) in [6, 6.07) is 16.6. The van der Waals surface area contributed by atoms with Gasteiger partial charge >= 0.3 is 17.9 Å². The molecule has 3 N–H and O–H groups in total. The Hall–Kier alpha value is -3.67. The molecule has 2 aromatic rings. The van der Waals surface area contributed by atoms with Gasteiger partial charge in [0.1, 0.15) is 10.8 Å². The number of benzene rings is 2. The maximum absolute atomic E-state index is 12.6. The van der Waals surface area contributed by atoms with Crippen LogP contribution in [-0.4, -0.2) is 33.2 Å². The van der Waals surface area contributed by atoms with Gasteiger partial charge in [-0.05, 0) is 23.6 Å². The van der Waals surface area contributed by atoms with Crippen LogP contribution in [0.4, 0.5) is 0 Å². The molecule has 0 saturated heterocycles. The van der Waals surface area contributed by atoms with E-state index in [0.29, 0.717) is 5.56 Å². The average molecular weight is 378 g/mol. The van der Waals surface area contributed by atoms with Crippen LogP contribution in [0, 0.1) is 5.41 Å². The van der Waals surface area contributed by atoms with Crippen molar-refractivity contribution in [3.8, 4) is 0 Å². The molecule has 2 aromatic carbocycles. The average Bonchev–Trinajstić information content (AvgIpc) is 2.69. The summed E-state index contributed by atoms with van der Waals surface area (Å²) in [5.41, 5.74) is -3.46. The number of carboxylic acids is 3. The highest BCUT2D eigenvalue weighted by molar-refractivity contribution is 6.00. The molecule has 2 unspecified atom stereocenters. The summed E-state index contributed by atoms with van der Waals surface area (Å²) >= 11 is 0. The summed E-state index contributed by atoms with van der Waals surface area (Å²) in [6.45, 7) is 0. The van der Waals surface area contributed by atoms with E-state index in [0.717, 1.165) is 6.08 Å². The second-order valence-electron chi connectivity index (χ2n) is 6.66. The van der Waals surface area contributed by atoms with E-state index in [4.69, 9.17) is 0 Å². The molecule has 2 atom stereocenters. The van der Waals surface area contributed by atoms with Crippen molar-refractivity contribution in [2.24, 2.45) is 5.41 Å². The Kier molecular flexibility index (Phi) is 4.88. The summed E-state index contributed by atoms with van der Waals surface area (Å²) in [4.78, 5) is 36.8. The first-order valence-electron chi connectivity index (χ1n) is 8.55. The van der Waals surface area contributed by atoms with Gasteiger partial charge in [-0.2, -0.15) is 0 Å². The Bertz CT molecular complexity index is 977. The zero-order valence-corrected chi connectivity index (χ0v) is 14.8. The lowest BCUT2D eigenvalue weighted by atomic mass is 9.55. The minimum atomic E-state index is -2.10. The minimum absolute atomic E-state index is 0.121. The van der Waals surface area contributed by atoms with Gasteiger partial charge in [-0.25, -0.2) is 4.79 Å². The Labute approximate surface area is 161 Å². The zero-order chi connectivity index (χ0) is 20.4. The Morgan fingerprint density at radius 3 is 1.86 bits per heavy atom. The predicted molar refractivity (Wildman–Crippen MR) is 101 cm³/mol. The summed E-state index contributed by atoms with van der Waals surface area (Å²) in [7, 11) is 0. The lowest BCUT2D eigenvalue weighted by Gasteiger charge is -2.44. The van der Waals surface area contributed by atoms with Crippen molar-refractivity contribution >= 4 is 17.9 Å². The first-order valence-corrected chi connectivity index (χ1v) is 8.55. The zero-order valence-electron chi connectivity index (χ0n) is 14.8. The van der Waals surface area contributed by atoms with Crippen molar-refractivity contribution in [1.29, 1.82) is 0 Å². The fourth-order valence-electron chi connectivity index (χ4n) is 3.76. The van der Waals surface area contributed by atoms with Gasteiger partial charge in [0.05, 0.1) is 5.57 Å². The van der Waals surface area contributed by atoms with E-state index in [2.05, 4.69) is 0 Å². The van der Waals surface area contributed by atoms with Gasteiger partial charge in [-0.1, -0.05) is 72.8 Å². The molecule has 0 saturated carbocycles. The summed E-state index contributed by atoms with van der Waals surface area (Å²) in [5, 5.41) is 29.9. The Morgan fingerprint density at radius 2 is 1.36 bits per heavy atom. The second kappa shape index (κ2) is 7.15. The van der Waals surface area contributed by atoms with Crippen molar-refractivity contribution in [3.63, 3.8) is 0 Å². The van der Waals surface area contributed by atoms with E-state index in [9.17, 15) is 29.7 Å². The van der Waals surface area contributed by atoms with Gasteiger partial charge in [-0.15, -0.1) is 0 Å². The standard InChI is InChI=1S/C22H18O6/c23-18(24)16-11-12-21(19(25)26,13-15-7-3-1-4-8-15)22(14-16,20(27)28)17-9-5-2-6-10-17/h1-12,14H,13H2,(H,23,24)(H,25,26)(H,27,28). The molecule has 6 nitrogen and oxygen atoms in total. The largest absolute Gasteiger partial charge is 0.481 e. The molecule has 0 amide bonds. The lowest BCUT2D eigenvalue weighted by molar-refractivity contribution is -0.159. The number of carbonyl (C=O) groups is 3. The number of aliphatic carboxylic acids is 3. The number of rotatable bonds is 6. The Morgan fingerprint density at radius 1 is 0.786 bits per heavy atom. The van der Waals surface area contributed by atoms with E-state index in [-0.39, 0.29) is 17.6 Å². The van der Waals surface area contributed by atoms with Gasteiger partial charge in [-0.3, -0.25) is 9.59 Å². The first-order chi connectivity index (χ1) is 13.3. The van der Waals surface area contributed by atoms with Gasteiger partial charge in [0.15, 0.2) is 0 Å². The van der Waals surface area contributed by atoms with E-state index in [1.165, 1.54) is 24.3 Å². The maximum atomic E-state index is 12.6. The van der Waals surface area contributed by atoms with Crippen LogP contribution in [0.15, 0.2) is 84.5 Å². The molecule has 0 aromatic heterocycles. The second-order valence-corrected chi connectivity index (χ2v) is 6.66. The van der Waals surface area contributed by atoms with Crippen LogP contribution in [0.3, 0.4) is 0 Å². The molecule has 28 heavy (non-hydrogen) atoms. The quantitative estimate of drug-likeness (QED) is 0.713. The van der Waals surface area contributed by atoms with Gasteiger partial charge in [0, 0.05) is 0 Å². The molecule has 0 heterocycles. The molecule has 0 bridgehead atoms. The fourth-order valence-corrected chi connectivity index (χ4v) is 3.76. The monoisotopic (exact) mass is 378 g/mol. The Balaban J connectivity index is 2.35. The van der Waals surface area contributed by atoms with Crippen molar-refractivity contribution < 1.29 is 29.7 Å². The lowest BCUT2D eigenvalue weighted by Crippen LogP contribution is -2.56. The van der Waals surface area contributed by atoms with Crippen molar-refractivity contribution in [2.45, 2.75) is 11.8 Å². The van der Waals surface area contributed by atoms with Crippen LogP contribution >= 0.6 is 0 Å². The molecule has 6 heteroatoms. The molecule has 1 aliphatic rings. The van der Waals surface area contributed by atoms with Crippen molar-refractivity contribution in [2.75, 3.05) is 0 Å². The van der Waals surface area contributed by atoms with Crippen LogP contribution in [0.1, 0.15) is 11.1 Å². The van der Waals surface area contributed by atoms with Crippen LogP contribution in [0.2, 0.25) is 0 Å². The number of hydrogen-bond donors (Lipinski definition) is 3. The predicted octanol–water partition coefficient (Wildman–Crippen LogP) is 2.90.